The van der Waals surface area contributed by atoms with Gasteiger partial charge in [0.2, 0.25) is 0 Å². The number of benzene rings is 1. The SMILES string of the molecule is O=C([O-])c1ccc(C(=O)[O-])c(C(=O)[O-])c1C(=O)[O-].[Ni+4].c1c[nH]cn1. The molecule has 2 rings (SSSR count). The van der Waals surface area contributed by atoms with Crippen molar-refractivity contribution in [1.29, 1.82) is 0 Å². The van der Waals surface area contributed by atoms with Crippen LogP contribution in [-0.4, -0.2) is 33.8 Å². The number of aromatic nitrogens is 2. The van der Waals surface area contributed by atoms with Crippen LogP contribution < -0.4 is 20.4 Å². The summed E-state index contributed by atoms with van der Waals surface area (Å²) in [5.41, 5.74) is -4.73. The van der Waals surface area contributed by atoms with E-state index >= 15 is 0 Å². The number of rotatable bonds is 4. The molecular formula is C13H6N2NiO8. The van der Waals surface area contributed by atoms with E-state index in [1.807, 2.05) is 0 Å². The molecule has 10 nitrogen and oxygen atoms in total. The van der Waals surface area contributed by atoms with Gasteiger partial charge in [-0.15, -0.1) is 0 Å². The first kappa shape index (κ1) is 20.8. The third-order valence-corrected chi connectivity index (χ3v) is 2.46. The molecule has 0 saturated heterocycles. The minimum Gasteiger partial charge on any atom is -0.545 e. The molecule has 11 heteroatoms. The predicted octanol–water partition coefficient (Wildman–Crippen LogP) is -4.45. The molecule has 0 aliphatic rings. The Morgan fingerprint density at radius 1 is 0.792 bits per heavy atom. The third-order valence-electron chi connectivity index (χ3n) is 2.46. The molecule has 0 radical (unpaired) electrons. The summed E-state index contributed by atoms with van der Waals surface area (Å²) in [6.07, 6.45) is 5.08. The van der Waals surface area contributed by atoms with Crippen molar-refractivity contribution in [2.24, 2.45) is 0 Å². The average molecular weight is 377 g/mol. The number of nitrogens with zero attached hydrogens (tertiary/aromatic N) is 1. The fourth-order valence-corrected chi connectivity index (χ4v) is 1.58. The third kappa shape index (κ3) is 4.92. The van der Waals surface area contributed by atoms with E-state index in [9.17, 15) is 39.6 Å². The molecule has 0 unspecified atom stereocenters. The van der Waals surface area contributed by atoms with Crippen LogP contribution in [0.4, 0.5) is 0 Å². The molecule has 1 N–H and O–H groups in total. The van der Waals surface area contributed by atoms with Gasteiger partial charge >= 0.3 is 16.5 Å². The van der Waals surface area contributed by atoms with E-state index in [4.69, 9.17) is 0 Å². The van der Waals surface area contributed by atoms with E-state index in [2.05, 4.69) is 9.97 Å². The second-order valence-corrected chi connectivity index (χ2v) is 3.82. The maximum Gasteiger partial charge on any atom is 4.00 e. The largest absolute Gasteiger partial charge is 4.00 e. The van der Waals surface area contributed by atoms with Crippen molar-refractivity contribution in [3.05, 3.63) is 53.1 Å². The zero-order valence-corrected chi connectivity index (χ0v) is 12.4. The van der Waals surface area contributed by atoms with E-state index in [-0.39, 0.29) is 16.5 Å². The van der Waals surface area contributed by atoms with Crippen molar-refractivity contribution in [3.63, 3.8) is 0 Å². The van der Waals surface area contributed by atoms with Gasteiger partial charge in [0.25, 0.3) is 0 Å². The van der Waals surface area contributed by atoms with Crippen molar-refractivity contribution in [3.8, 4) is 0 Å². The monoisotopic (exact) mass is 376 g/mol. The van der Waals surface area contributed by atoms with Crippen LogP contribution in [-0.2, 0) is 16.5 Å². The summed E-state index contributed by atoms with van der Waals surface area (Å²) in [5.74, 6) is -8.36. The Morgan fingerprint density at radius 3 is 1.38 bits per heavy atom. The van der Waals surface area contributed by atoms with Crippen molar-refractivity contribution < 1.29 is 56.1 Å². The summed E-state index contributed by atoms with van der Waals surface area (Å²) in [4.78, 5) is 49.1. The average Bonchev–Trinajstić information content (AvgIpc) is 3.04. The van der Waals surface area contributed by atoms with E-state index < -0.39 is 46.1 Å². The first-order chi connectivity index (χ1) is 10.8. The molecule has 0 atom stereocenters. The van der Waals surface area contributed by atoms with Crippen molar-refractivity contribution in [1.82, 2.24) is 9.97 Å². The molecule has 1 aromatic heterocycles. The van der Waals surface area contributed by atoms with Gasteiger partial charge in [-0.25, -0.2) is 4.98 Å². The first-order valence-electron chi connectivity index (χ1n) is 5.72. The Morgan fingerprint density at radius 2 is 1.21 bits per heavy atom. The van der Waals surface area contributed by atoms with Crippen LogP contribution in [0.15, 0.2) is 30.9 Å². The number of carboxylic acids is 4. The molecule has 0 aliphatic heterocycles. The Labute approximate surface area is 143 Å². The number of nitrogens with one attached hydrogen (secondary N) is 1. The molecule has 24 heavy (non-hydrogen) atoms. The number of imidazole rings is 1. The minimum absolute atomic E-state index is 0. The van der Waals surface area contributed by atoms with Gasteiger partial charge in [-0.2, -0.15) is 0 Å². The topological polar surface area (TPSA) is 189 Å². The number of carboxylic acid groups (broad SMARTS) is 4. The van der Waals surface area contributed by atoms with Crippen LogP contribution in [0.25, 0.3) is 0 Å². The summed E-state index contributed by atoms with van der Waals surface area (Å²) < 4.78 is 0. The van der Waals surface area contributed by atoms with Gasteiger partial charge < -0.3 is 44.6 Å². The molecule has 0 amide bonds. The number of aromatic carboxylic acids is 4. The Bertz CT molecular complexity index is 689. The molecular weight excluding hydrogens is 371 g/mol. The summed E-state index contributed by atoms with van der Waals surface area (Å²) >= 11 is 0. The summed E-state index contributed by atoms with van der Waals surface area (Å²) in [6.45, 7) is 0. The van der Waals surface area contributed by atoms with E-state index in [1.54, 1.807) is 18.7 Å². The second-order valence-electron chi connectivity index (χ2n) is 3.82. The first-order valence-corrected chi connectivity index (χ1v) is 5.72. The molecule has 0 spiro atoms. The van der Waals surface area contributed by atoms with E-state index in [1.165, 1.54) is 0 Å². The number of H-pyrrole nitrogens is 1. The molecule has 0 bridgehead atoms. The molecule has 0 aliphatic carbocycles. The molecule has 2 aromatic rings. The summed E-state index contributed by atoms with van der Waals surface area (Å²) in [6, 6.07) is 1.14. The zero-order chi connectivity index (χ0) is 17.6. The van der Waals surface area contributed by atoms with Crippen molar-refractivity contribution in [2.45, 2.75) is 0 Å². The minimum atomic E-state index is -2.18. The van der Waals surface area contributed by atoms with Crippen LogP contribution in [0.3, 0.4) is 0 Å². The summed E-state index contributed by atoms with van der Waals surface area (Å²) in [5, 5.41) is 42.6. The van der Waals surface area contributed by atoms with Crippen molar-refractivity contribution in [2.75, 3.05) is 0 Å². The predicted molar refractivity (Wildman–Crippen MR) is 62.4 cm³/mol. The maximum atomic E-state index is 10.7. The molecule has 1 heterocycles. The van der Waals surface area contributed by atoms with Crippen LogP contribution in [0, 0.1) is 0 Å². The van der Waals surface area contributed by atoms with Gasteiger partial charge in [0.05, 0.1) is 30.2 Å². The number of hydrogen-bond acceptors (Lipinski definition) is 9. The van der Waals surface area contributed by atoms with E-state index in [0.717, 1.165) is 0 Å². The van der Waals surface area contributed by atoms with Gasteiger partial charge in [-0.3, -0.25) is 0 Å². The smallest absolute Gasteiger partial charge is 0.545 e. The normalized spacial score (nSPS) is 9.00. The van der Waals surface area contributed by atoms with E-state index in [0.29, 0.717) is 12.1 Å². The van der Waals surface area contributed by atoms with Gasteiger partial charge in [0.1, 0.15) is 0 Å². The summed E-state index contributed by atoms with van der Waals surface area (Å²) in [7, 11) is 0. The quantitative estimate of drug-likeness (QED) is 0.512. The van der Waals surface area contributed by atoms with Gasteiger partial charge in [-0.1, -0.05) is 12.1 Å². The zero-order valence-electron chi connectivity index (χ0n) is 11.4. The Balaban J connectivity index is 0.000000751. The van der Waals surface area contributed by atoms with Crippen LogP contribution in [0.1, 0.15) is 41.4 Å². The number of carbonyl (C=O) groups excluding carboxylic acids is 4. The fourth-order valence-electron chi connectivity index (χ4n) is 1.58. The second kappa shape index (κ2) is 9.06. The van der Waals surface area contributed by atoms with Crippen LogP contribution in [0.2, 0.25) is 0 Å². The molecule has 1 aromatic carbocycles. The molecule has 0 fully saturated rings. The van der Waals surface area contributed by atoms with Gasteiger partial charge in [0.15, 0.2) is 0 Å². The Kier molecular flexibility index (Phi) is 7.85. The molecule has 0 saturated carbocycles. The van der Waals surface area contributed by atoms with Gasteiger partial charge in [0, 0.05) is 34.6 Å². The van der Waals surface area contributed by atoms with Crippen LogP contribution >= 0.6 is 0 Å². The molecule has 126 valence electrons. The van der Waals surface area contributed by atoms with Crippen molar-refractivity contribution >= 4 is 23.9 Å². The number of aromatic amines is 1. The standard InChI is InChI=1S/C10H6O8.C3H4N2.Ni/c11-7(12)3-1-2-4(8(13)14)6(10(17)18)5(3)9(15)16;1-2-5-3-4-1;/h1-2H,(H,11,12)(H,13,14)(H,15,16)(H,17,18);1-3H,(H,4,5);/q;;+4/p-4. The number of carbonyl (C=O) groups is 4. The Hall–Kier alpha value is -3.20. The maximum absolute atomic E-state index is 10.7. The number of hydrogen-bond donors (Lipinski definition) is 1. The van der Waals surface area contributed by atoms with Gasteiger partial charge in [-0.05, 0) is 0 Å². The fraction of sp³-hybridized carbons (Fsp3) is 0. The van der Waals surface area contributed by atoms with Crippen LogP contribution in [0.5, 0.6) is 0 Å².